The lowest BCUT2D eigenvalue weighted by Gasteiger charge is -2.22. The number of fused-ring (bicyclic) bond motifs is 1. The molecule has 0 saturated heterocycles. The van der Waals surface area contributed by atoms with Gasteiger partial charge >= 0.3 is 0 Å². The monoisotopic (exact) mass is 480 g/mol. The van der Waals surface area contributed by atoms with Crippen LogP contribution in [0.15, 0.2) is 39.9 Å². The molecule has 31 heavy (non-hydrogen) atoms. The number of nitrogens with zero attached hydrogens (tertiary/aromatic N) is 6. The van der Waals surface area contributed by atoms with Crippen molar-refractivity contribution in [2.24, 2.45) is 0 Å². The highest BCUT2D eigenvalue weighted by molar-refractivity contribution is 9.10. The van der Waals surface area contributed by atoms with Gasteiger partial charge in [0.1, 0.15) is 23.3 Å². The number of anilines is 3. The van der Waals surface area contributed by atoms with E-state index in [-0.39, 0.29) is 28.7 Å². The molecule has 4 aromatic rings. The first-order valence-corrected chi connectivity index (χ1v) is 10.0. The van der Waals surface area contributed by atoms with Gasteiger partial charge in [0.05, 0.1) is 28.8 Å². The third-order valence-electron chi connectivity index (χ3n) is 4.71. The Morgan fingerprint density at radius 3 is 2.81 bits per heavy atom. The van der Waals surface area contributed by atoms with Crippen molar-refractivity contribution in [3.05, 3.63) is 56.8 Å². The molecule has 0 spiro atoms. The van der Waals surface area contributed by atoms with E-state index >= 15 is 0 Å². The summed E-state index contributed by atoms with van der Waals surface area (Å²) in [6.45, 7) is 1.91. The number of rotatable bonds is 5. The Labute approximate surface area is 184 Å². The second kappa shape index (κ2) is 8.04. The summed E-state index contributed by atoms with van der Waals surface area (Å²) in [5.41, 5.74) is 12.4. The third kappa shape index (κ3) is 3.55. The van der Waals surface area contributed by atoms with Gasteiger partial charge in [0.2, 0.25) is 5.95 Å². The molecule has 0 unspecified atom stereocenters. The Balaban J connectivity index is 1.95. The number of nitriles is 1. The standard InChI is InChI=1S/C19H17BrN10O/c1-2-12(26-16-10(6-21)15(22)28-19(23)29-16)17-27-13-5-3-4-11(20)14(13)18(31)30(17)9-7-24-25-8-9/h3-5,7-8,12H,2H2,1H3,(H,24,25)(H5,22,23,26,28,29)/t12-/m0/s1. The van der Waals surface area contributed by atoms with E-state index in [1.54, 1.807) is 24.4 Å². The van der Waals surface area contributed by atoms with Crippen LogP contribution in [0.25, 0.3) is 16.6 Å². The molecule has 12 heteroatoms. The summed E-state index contributed by atoms with van der Waals surface area (Å²) < 4.78 is 2.10. The number of benzene rings is 1. The van der Waals surface area contributed by atoms with Crippen LogP contribution in [0, 0.1) is 11.3 Å². The summed E-state index contributed by atoms with van der Waals surface area (Å²) in [6.07, 6.45) is 3.64. The zero-order chi connectivity index (χ0) is 22.1. The summed E-state index contributed by atoms with van der Waals surface area (Å²) in [5.74, 6) is 0.479. The molecule has 1 atom stereocenters. The van der Waals surface area contributed by atoms with E-state index in [2.05, 4.69) is 41.4 Å². The maximum atomic E-state index is 13.5. The average molecular weight is 481 g/mol. The maximum Gasteiger partial charge on any atom is 0.267 e. The molecule has 0 saturated carbocycles. The minimum atomic E-state index is -0.508. The highest BCUT2D eigenvalue weighted by Gasteiger charge is 2.23. The Morgan fingerprint density at radius 2 is 2.13 bits per heavy atom. The molecular weight excluding hydrogens is 464 g/mol. The van der Waals surface area contributed by atoms with E-state index in [4.69, 9.17) is 16.5 Å². The highest BCUT2D eigenvalue weighted by atomic mass is 79.9. The summed E-state index contributed by atoms with van der Waals surface area (Å²) in [7, 11) is 0. The SMILES string of the molecule is CC[C@H](Nc1nc(N)nc(N)c1C#N)c1nc2cccc(Br)c2c(=O)n1-c1cn[nH]c1. The second-order valence-electron chi connectivity index (χ2n) is 6.61. The minimum absolute atomic E-state index is 0.0324. The molecule has 4 rings (SSSR count). The Bertz CT molecular complexity index is 1370. The molecule has 0 radical (unpaired) electrons. The lowest BCUT2D eigenvalue weighted by atomic mass is 10.1. The van der Waals surface area contributed by atoms with Gasteiger partial charge in [-0.2, -0.15) is 20.3 Å². The van der Waals surface area contributed by atoms with Crippen LogP contribution in [-0.4, -0.2) is 29.7 Å². The lowest BCUT2D eigenvalue weighted by molar-refractivity contribution is 0.658. The fourth-order valence-electron chi connectivity index (χ4n) is 3.28. The van der Waals surface area contributed by atoms with Crippen molar-refractivity contribution in [3.63, 3.8) is 0 Å². The van der Waals surface area contributed by atoms with E-state index in [0.717, 1.165) is 0 Å². The molecule has 1 aromatic carbocycles. The fourth-order valence-corrected chi connectivity index (χ4v) is 3.81. The number of nitrogens with two attached hydrogens (primary N) is 2. The molecule has 6 N–H and O–H groups in total. The summed E-state index contributed by atoms with van der Waals surface area (Å²) in [6, 6.07) is 6.83. The van der Waals surface area contributed by atoms with Crippen molar-refractivity contribution in [1.82, 2.24) is 29.7 Å². The van der Waals surface area contributed by atoms with Crippen LogP contribution < -0.4 is 22.3 Å². The first-order valence-electron chi connectivity index (χ1n) is 9.24. The lowest BCUT2D eigenvalue weighted by Crippen LogP contribution is -2.28. The van der Waals surface area contributed by atoms with E-state index in [9.17, 15) is 10.1 Å². The Morgan fingerprint density at radius 1 is 1.32 bits per heavy atom. The molecular formula is C19H17BrN10O. The molecule has 0 aliphatic rings. The van der Waals surface area contributed by atoms with Gasteiger partial charge in [-0.25, -0.2) is 4.98 Å². The molecule has 0 amide bonds. The van der Waals surface area contributed by atoms with Crippen LogP contribution in [0.2, 0.25) is 0 Å². The van der Waals surface area contributed by atoms with Crippen LogP contribution in [-0.2, 0) is 0 Å². The van der Waals surface area contributed by atoms with E-state index in [1.807, 2.05) is 13.0 Å². The second-order valence-corrected chi connectivity index (χ2v) is 7.46. The molecule has 3 heterocycles. The molecule has 0 bridgehead atoms. The fraction of sp³-hybridized carbons (Fsp3) is 0.158. The molecule has 3 aromatic heterocycles. The normalized spacial score (nSPS) is 11.9. The van der Waals surface area contributed by atoms with Gasteiger partial charge in [-0.1, -0.05) is 13.0 Å². The van der Waals surface area contributed by atoms with Gasteiger partial charge in [-0.3, -0.25) is 14.5 Å². The summed E-state index contributed by atoms with van der Waals surface area (Å²) in [4.78, 5) is 26.2. The smallest absolute Gasteiger partial charge is 0.267 e. The topological polar surface area (TPSA) is 177 Å². The van der Waals surface area contributed by atoms with Gasteiger partial charge < -0.3 is 16.8 Å². The zero-order valence-corrected chi connectivity index (χ0v) is 17.9. The Kier molecular flexibility index (Phi) is 5.26. The van der Waals surface area contributed by atoms with Crippen molar-refractivity contribution in [2.75, 3.05) is 16.8 Å². The van der Waals surface area contributed by atoms with Gasteiger partial charge in [0.15, 0.2) is 5.82 Å². The molecule has 0 aliphatic carbocycles. The molecule has 11 nitrogen and oxygen atoms in total. The third-order valence-corrected chi connectivity index (χ3v) is 5.37. The minimum Gasteiger partial charge on any atom is -0.382 e. The first kappa shape index (κ1) is 20.3. The average Bonchev–Trinajstić information content (AvgIpc) is 3.25. The number of halogens is 1. The first-order chi connectivity index (χ1) is 14.9. The van der Waals surface area contributed by atoms with E-state index in [0.29, 0.717) is 33.3 Å². The number of aromatic amines is 1. The van der Waals surface area contributed by atoms with Crippen molar-refractivity contribution < 1.29 is 0 Å². The number of aromatic nitrogens is 6. The summed E-state index contributed by atoms with van der Waals surface area (Å²) >= 11 is 3.44. The van der Waals surface area contributed by atoms with Crippen molar-refractivity contribution >= 4 is 44.4 Å². The van der Waals surface area contributed by atoms with Crippen LogP contribution in [0.5, 0.6) is 0 Å². The zero-order valence-electron chi connectivity index (χ0n) is 16.3. The van der Waals surface area contributed by atoms with Crippen LogP contribution in [0.4, 0.5) is 17.6 Å². The van der Waals surface area contributed by atoms with Crippen LogP contribution in [0.1, 0.15) is 30.8 Å². The van der Waals surface area contributed by atoms with Crippen LogP contribution >= 0.6 is 15.9 Å². The number of H-pyrrole nitrogens is 1. The van der Waals surface area contributed by atoms with Crippen molar-refractivity contribution in [1.29, 1.82) is 5.26 Å². The maximum absolute atomic E-state index is 13.5. The van der Waals surface area contributed by atoms with Crippen molar-refractivity contribution in [2.45, 2.75) is 19.4 Å². The Hall–Kier alpha value is -3.98. The predicted molar refractivity (Wildman–Crippen MR) is 119 cm³/mol. The molecule has 0 aliphatic heterocycles. The number of hydrogen-bond donors (Lipinski definition) is 4. The number of nitrogen functional groups attached to an aromatic ring is 2. The van der Waals surface area contributed by atoms with E-state index in [1.165, 1.54) is 10.8 Å². The van der Waals surface area contributed by atoms with Gasteiger partial charge in [0.25, 0.3) is 5.56 Å². The highest BCUT2D eigenvalue weighted by Crippen LogP contribution is 2.28. The van der Waals surface area contributed by atoms with Crippen molar-refractivity contribution in [3.8, 4) is 11.8 Å². The van der Waals surface area contributed by atoms with E-state index < -0.39 is 6.04 Å². The predicted octanol–water partition coefficient (Wildman–Crippen LogP) is 2.26. The van der Waals surface area contributed by atoms with Gasteiger partial charge in [-0.05, 0) is 34.5 Å². The largest absolute Gasteiger partial charge is 0.382 e. The van der Waals surface area contributed by atoms with Gasteiger partial charge in [-0.15, -0.1) is 0 Å². The molecule has 0 fully saturated rings. The number of hydrogen-bond acceptors (Lipinski definition) is 9. The number of nitrogens with one attached hydrogen (secondary N) is 2. The van der Waals surface area contributed by atoms with Crippen LogP contribution in [0.3, 0.4) is 0 Å². The summed E-state index contributed by atoms with van der Waals surface area (Å²) in [5, 5.41) is 19.8. The van der Waals surface area contributed by atoms with Gasteiger partial charge in [0, 0.05) is 10.7 Å². The quantitative estimate of drug-likeness (QED) is 0.333. The molecule has 156 valence electrons.